The van der Waals surface area contributed by atoms with E-state index in [0.717, 1.165) is 11.1 Å². The van der Waals surface area contributed by atoms with Gasteiger partial charge >= 0.3 is 0 Å². The number of primary amides is 1. The molecule has 2 aromatic rings. The summed E-state index contributed by atoms with van der Waals surface area (Å²) in [4.78, 5) is 29.4. The van der Waals surface area contributed by atoms with E-state index >= 15 is 0 Å². The van der Waals surface area contributed by atoms with Crippen molar-refractivity contribution in [2.45, 2.75) is 37.4 Å². The Morgan fingerprint density at radius 1 is 1.15 bits per heavy atom. The summed E-state index contributed by atoms with van der Waals surface area (Å²) >= 11 is 6.01. The number of carbonyl (C=O) groups is 2. The lowest BCUT2D eigenvalue weighted by atomic mass is 9.90. The van der Waals surface area contributed by atoms with Crippen LogP contribution in [0.2, 0.25) is 5.02 Å². The predicted molar refractivity (Wildman–Crippen MR) is 130 cm³/mol. The van der Waals surface area contributed by atoms with Crippen molar-refractivity contribution in [1.82, 2.24) is 9.80 Å². The molecule has 0 radical (unpaired) electrons. The smallest absolute Gasteiger partial charge is 0.240 e. The van der Waals surface area contributed by atoms with Crippen LogP contribution in [0.15, 0.2) is 48.5 Å². The van der Waals surface area contributed by atoms with Crippen LogP contribution in [0.5, 0.6) is 0 Å². The maximum atomic E-state index is 13.2. The van der Waals surface area contributed by atoms with E-state index in [1.807, 2.05) is 24.0 Å². The summed E-state index contributed by atoms with van der Waals surface area (Å²) in [5, 5.41) is 0.621. The quantitative estimate of drug-likeness (QED) is 0.561. The average Bonchev–Trinajstić information content (AvgIpc) is 2.81. The fraction of sp³-hybridized carbons (Fsp3) is 0.440. The summed E-state index contributed by atoms with van der Waals surface area (Å²) in [7, 11) is 1.57. The minimum absolute atomic E-state index is 0.166. The van der Waals surface area contributed by atoms with Gasteiger partial charge < -0.3 is 21.1 Å². The van der Waals surface area contributed by atoms with E-state index in [1.54, 1.807) is 36.3 Å². The van der Waals surface area contributed by atoms with Crippen LogP contribution >= 0.6 is 11.6 Å². The molecule has 0 aliphatic carbocycles. The largest absolute Gasteiger partial charge is 0.382 e. The normalized spacial score (nSPS) is 19.4. The molecular weight excluding hydrogens is 459 g/mol. The topological polar surface area (TPSA) is 102 Å². The molecule has 184 valence electrons. The number of nitrogens with two attached hydrogens (primary N) is 2. The van der Waals surface area contributed by atoms with Gasteiger partial charge in [-0.1, -0.05) is 42.8 Å². The summed E-state index contributed by atoms with van der Waals surface area (Å²) in [6, 6.07) is 11.7. The number of amides is 2. The minimum Gasteiger partial charge on any atom is -0.382 e. The van der Waals surface area contributed by atoms with Crippen LogP contribution < -0.4 is 11.5 Å². The number of carbonyl (C=O) groups excluding carboxylic acids is 2. The number of hydrogen-bond donors (Lipinski definition) is 2. The van der Waals surface area contributed by atoms with E-state index in [9.17, 15) is 14.0 Å². The van der Waals surface area contributed by atoms with Gasteiger partial charge in [0, 0.05) is 37.7 Å². The van der Waals surface area contributed by atoms with E-state index in [2.05, 4.69) is 0 Å². The zero-order valence-electron chi connectivity index (χ0n) is 19.5. The third kappa shape index (κ3) is 6.33. The number of piperazine rings is 1. The number of benzene rings is 2. The molecule has 1 aliphatic heterocycles. The van der Waals surface area contributed by atoms with Gasteiger partial charge in [-0.2, -0.15) is 0 Å². The van der Waals surface area contributed by atoms with Crippen LogP contribution in [0.4, 0.5) is 4.39 Å². The Morgan fingerprint density at radius 2 is 1.79 bits per heavy atom. The number of methoxy groups -OCH3 is 1. The lowest BCUT2D eigenvalue weighted by Crippen LogP contribution is -2.63. The number of halogens is 2. The van der Waals surface area contributed by atoms with Crippen LogP contribution in [0.25, 0.3) is 0 Å². The predicted octanol–water partition coefficient (Wildman–Crippen LogP) is 2.17. The van der Waals surface area contributed by atoms with Gasteiger partial charge in [-0.15, -0.1) is 0 Å². The number of rotatable bonds is 9. The van der Waals surface area contributed by atoms with Crippen molar-refractivity contribution in [1.29, 1.82) is 0 Å². The SMILES string of the molecule is COCC1CN(C(C(N)=O)C(C)c2ccc(Cl)cc2)CCN1C(=O)C(N)Cc1ccc(F)cc1. The number of ether oxygens (including phenoxy) is 1. The fourth-order valence-corrected chi connectivity index (χ4v) is 4.75. The van der Waals surface area contributed by atoms with Crippen LogP contribution in [0.3, 0.4) is 0 Å². The lowest BCUT2D eigenvalue weighted by Gasteiger charge is -2.45. The second kappa shape index (κ2) is 11.8. The summed E-state index contributed by atoms with van der Waals surface area (Å²) in [6.45, 7) is 3.54. The molecule has 4 atom stereocenters. The molecule has 1 aliphatic rings. The summed E-state index contributed by atoms with van der Waals surface area (Å²) in [5.74, 6) is -1.13. The van der Waals surface area contributed by atoms with E-state index < -0.39 is 18.0 Å². The van der Waals surface area contributed by atoms with Crippen molar-refractivity contribution >= 4 is 23.4 Å². The van der Waals surface area contributed by atoms with Gasteiger partial charge in [0.05, 0.1) is 24.7 Å². The van der Waals surface area contributed by atoms with Crippen molar-refractivity contribution in [3.63, 3.8) is 0 Å². The van der Waals surface area contributed by atoms with Gasteiger partial charge in [0.15, 0.2) is 0 Å². The molecule has 4 N–H and O–H groups in total. The first-order chi connectivity index (χ1) is 16.2. The van der Waals surface area contributed by atoms with Crippen molar-refractivity contribution in [2.75, 3.05) is 33.4 Å². The van der Waals surface area contributed by atoms with Crippen molar-refractivity contribution in [3.8, 4) is 0 Å². The molecule has 34 heavy (non-hydrogen) atoms. The van der Waals surface area contributed by atoms with Gasteiger partial charge in [0.25, 0.3) is 0 Å². The molecule has 0 bridgehead atoms. The second-order valence-corrected chi connectivity index (χ2v) is 9.20. The summed E-state index contributed by atoms with van der Waals surface area (Å²) in [6.07, 6.45) is 0.302. The first-order valence-electron chi connectivity index (χ1n) is 11.3. The fourth-order valence-electron chi connectivity index (χ4n) is 4.62. The van der Waals surface area contributed by atoms with Gasteiger partial charge in [-0.3, -0.25) is 14.5 Å². The van der Waals surface area contributed by atoms with Crippen molar-refractivity contribution in [3.05, 3.63) is 70.5 Å². The molecule has 9 heteroatoms. The first-order valence-corrected chi connectivity index (χ1v) is 11.7. The molecule has 0 spiro atoms. The van der Waals surface area contributed by atoms with Crippen LogP contribution in [0.1, 0.15) is 24.0 Å². The van der Waals surface area contributed by atoms with Gasteiger partial charge in [0.1, 0.15) is 5.82 Å². The maximum absolute atomic E-state index is 13.2. The second-order valence-electron chi connectivity index (χ2n) is 8.76. The van der Waals surface area contributed by atoms with Crippen LogP contribution in [0, 0.1) is 5.82 Å². The highest BCUT2D eigenvalue weighted by Crippen LogP contribution is 2.27. The molecule has 1 fully saturated rings. The molecule has 1 saturated heterocycles. The van der Waals surface area contributed by atoms with Crippen LogP contribution in [-0.4, -0.2) is 73.1 Å². The Morgan fingerprint density at radius 3 is 2.38 bits per heavy atom. The Labute approximate surface area is 204 Å². The Kier molecular flexibility index (Phi) is 9.02. The molecule has 1 heterocycles. The molecule has 4 unspecified atom stereocenters. The standard InChI is InChI=1S/C25H32ClFN4O3/c1-16(18-5-7-19(26)8-6-18)23(24(29)32)30-11-12-31(21(14-30)15-34-2)25(33)22(28)13-17-3-9-20(27)10-4-17/h3-10,16,21-23H,11-15,28H2,1-2H3,(H2,29,32). The molecule has 3 rings (SSSR count). The zero-order chi connectivity index (χ0) is 24.8. The molecule has 0 aromatic heterocycles. The van der Waals surface area contributed by atoms with E-state index in [-0.39, 0.29) is 23.7 Å². The van der Waals surface area contributed by atoms with Crippen LogP contribution in [-0.2, 0) is 20.7 Å². The summed E-state index contributed by atoms with van der Waals surface area (Å²) in [5.41, 5.74) is 13.8. The van der Waals surface area contributed by atoms with Crippen molar-refractivity contribution in [2.24, 2.45) is 11.5 Å². The Hall–Kier alpha value is -2.52. The van der Waals surface area contributed by atoms with Gasteiger partial charge in [0.2, 0.25) is 11.8 Å². The van der Waals surface area contributed by atoms with Gasteiger partial charge in [-0.05, 0) is 41.8 Å². The maximum Gasteiger partial charge on any atom is 0.240 e. The highest BCUT2D eigenvalue weighted by Gasteiger charge is 2.39. The molecular formula is C25H32ClFN4O3. The molecule has 7 nitrogen and oxygen atoms in total. The van der Waals surface area contributed by atoms with E-state index in [4.69, 9.17) is 27.8 Å². The summed E-state index contributed by atoms with van der Waals surface area (Å²) < 4.78 is 18.6. The monoisotopic (exact) mass is 490 g/mol. The Balaban J connectivity index is 1.73. The highest BCUT2D eigenvalue weighted by atomic mass is 35.5. The number of nitrogens with zero attached hydrogens (tertiary/aromatic N) is 2. The van der Waals surface area contributed by atoms with E-state index in [0.29, 0.717) is 37.7 Å². The minimum atomic E-state index is -0.767. The van der Waals surface area contributed by atoms with Gasteiger partial charge in [-0.25, -0.2) is 4.39 Å². The zero-order valence-corrected chi connectivity index (χ0v) is 20.2. The van der Waals surface area contributed by atoms with E-state index in [1.165, 1.54) is 12.1 Å². The third-order valence-electron chi connectivity index (χ3n) is 6.40. The first kappa shape index (κ1) is 26.1. The lowest BCUT2D eigenvalue weighted by molar-refractivity contribution is -0.141. The molecule has 2 aromatic carbocycles. The highest BCUT2D eigenvalue weighted by molar-refractivity contribution is 6.30. The average molecular weight is 491 g/mol. The molecule has 2 amide bonds. The molecule has 0 saturated carbocycles. The number of hydrogen-bond acceptors (Lipinski definition) is 5. The Bertz CT molecular complexity index is 973. The third-order valence-corrected chi connectivity index (χ3v) is 6.65. The van der Waals surface area contributed by atoms with Crippen molar-refractivity contribution < 1.29 is 18.7 Å².